The fraction of sp³-hybridized carbons (Fsp3) is 0.714. The zero-order chi connectivity index (χ0) is 13.1. The summed E-state index contributed by atoms with van der Waals surface area (Å²) in [6.07, 6.45) is 1.12. The van der Waals surface area contributed by atoms with E-state index in [1.54, 1.807) is 0 Å². The summed E-state index contributed by atoms with van der Waals surface area (Å²) in [5.74, 6) is 0. The number of thiophene rings is 1. The van der Waals surface area contributed by atoms with E-state index in [4.69, 9.17) is 10.5 Å². The van der Waals surface area contributed by atoms with Gasteiger partial charge >= 0.3 is 0 Å². The zero-order valence-electron chi connectivity index (χ0n) is 11.6. The molecular formula is C14H24N2OS. The van der Waals surface area contributed by atoms with Gasteiger partial charge in [-0.05, 0) is 32.4 Å². The molecule has 0 aliphatic carbocycles. The van der Waals surface area contributed by atoms with Crippen LogP contribution in [0.5, 0.6) is 0 Å². The smallest absolute Gasteiger partial charge is 0.0622 e. The van der Waals surface area contributed by atoms with E-state index in [-0.39, 0.29) is 6.04 Å². The lowest BCUT2D eigenvalue weighted by Gasteiger charge is -2.42. The van der Waals surface area contributed by atoms with E-state index in [0.29, 0.717) is 12.1 Å². The van der Waals surface area contributed by atoms with Crippen LogP contribution in [0, 0.1) is 6.92 Å². The summed E-state index contributed by atoms with van der Waals surface area (Å²) in [4.78, 5) is 5.29. The Morgan fingerprint density at radius 2 is 2.33 bits per heavy atom. The average Bonchev–Trinajstić information content (AvgIpc) is 2.76. The van der Waals surface area contributed by atoms with Gasteiger partial charge in [-0.3, -0.25) is 4.90 Å². The zero-order valence-corrected chi connectivity index (χ0v) is 12.4. The standard InChI is InChI=1S/C14H24N2OS/c1-4-12-9-17-8-7-16(12)14(11(3)15)13-6-5-10(2)18-13/h5-6,11-12,14H,4,7-9,15H2,1-3H3. The molecule has 102 valence electrons. The van der Waals surface area contributed by atoms with Gasteiger partial charge in [0.2, 0.25) is 0 Å². The van der Waals surface area contributed by atoms with Crippen LogP contribution in [0.25, 0.3) is 0 Å². The normalized spacial score (nSPS) is 25.0. The number of hydrogen-bond acceptors (Lipinski definition) is 4. The quantitative estimate of drug-likeness (QED) is 0.912. The van der Waals surface area contributed by atoms with E-state index < -0.39 is 0 Å². The van der Waals surface area contributed by atoms with Crippen molar-refractivity contribution in [3.8, 4) is 0 Å². The monoisotopic (exact) mass is 268 g/mol. The molecule has 2 N–H and O–H groups in total. The van der Waals surface area contributed by atoms with Gasteiger partial charge in [0.1, 0.15) is 0 Å². The molecule has 4 heteroatoms. The van der Waals surface area contributed by atoms with Crippen LogP contribution >= 0.6 is 11.3 Å². The van der Waals surface area contributed by atoms with Crippen molar-refractivity contribution in [2.24, 2.45) is 5.73 Å². The fourth-order valence-electron chi connectivity index (χ4n) is 2.72. The molecule has 3 nitrogen and oxygen atoms in total. The fourth-order valence-corrected chi connectivity index (χ4v) is 3.84. The first-order valence-electron chi connectivity index (χ1n) is 6.79. The second-order valence-corrected chi connectivity index (χ2v) is 6.45. The molecule has 2 rings (SSSR count). The summed E-state index contributed by atoms with van der Waals surface area (Å²) >= 11 is 1.87. The van der Waals surface area contributed by atoms with Crippen LogP contribution in [0.15, 0.2) is 12.1 Å². The average molecular weight is 268 g/mol. The Balaban J connectivity index is 2.23. The molecule has 1 aliphatic rings. The Hall–Kier alpha value is -0.420. The third kappa shape index (κ3) is 2.94. The summed E-state index contributed by atoms with van der Waals surface area (Å²) in [7, 11) is 0. The Bertz CT molecular complexity index is 378. The summed E-state index contributed by atoms with van der Waals surface area (Å²) in [5.41, 5.74) is 6.25. The molecule has 0 amide bonds. The molecule has 1 aromatic heterocycles. The van der Waals surface area contributed by atoms with Gasteiger partial charge < -0.3 is 10.5 Å². The maximum Gasteiger partial charge on any atom is 0.0622 e. The Labute approximate surface area is 114 Å². The van der Waals surface area contributed by atoms with Gasteiger partial charge in [0.05, 0.1) is 19.3 Å². The van der Waals surface area contributed by atoms with Gasteiger partial charge in [-0.1, -0.05) is 6.92 Å². The minimum Gasteiger partial charge on any atom is -0.378 e. The van der Waals surface area contributed by atoms with Gasteiger partial charge in [0.25, 0.3) is 0 Å². The second-order valence-electron chi connectivity index (χ2n) is 5.13. The highest BCUT2D eigenvalue weighted by Crippen LogP contribution is 2.32. The van der Waals surface area contributed by atoms with E-state index in [9.17, 15) is 0 Å². The number of nitrogens with two attached hydrogens (primary N) is 1. The van der Waals surface area contributed by atoms with Crippen LogP contribution in [0.3, 0.4) is 0 Å². The predicted molar refractivity (Wildman–Crippen MR) is 77.1 cm³/mol. The number of rotatable bonds is 4. The van der Waals surface area contributed by atoms with Crippen molar-refractivity contribution in [3.63, 3.8) is 0 Å². The molecule has 0 radical (unpaired) electrons. The highest BCUT2D eigenvalue weighted by atomic mass is 32.1. The topological polar surface area (TPSA) is 38.5 Å². The third-order valence-electron chi connectivity index (χ3n) is 3.65. The van der Waals surface area contributed by atoms with Gasteiger partial charge in [0, 0.05) is 28.4 Å². The first-order valence-corrected chi connectivity index (χ1v) is 7.60. The Morgan fingerprint density at radius 1 is 1.56 bits per heavy atom. The molecular weight excluding hydrogens is 244 g/mol. The molecule has 0 aromatic carbocycles. The van der Waals surface area contributed by atoms with Crippen LogP contribution in [-0.2, 0) is 4.74 Å². The summed E-state index contributed by atoms with van der Waals surface area (Å²) in [6, 6.07) is 5.40. The van der Waals surface area contributed by atoms with Crippen LogP contribution < -0.4 is 5.73 Å². The van der Waals surface area contributed by atoms with Crippen molar-refractivity contribution < 1.29 is 4.74 Å². The number of hydrogen-bond donors (Lipinski definition) is 1. The molecule has 1 aromatic rings. The van der Waals surface area contributed by atoms with Crippen LogP contribution in [-0.4, -0.2) is 36.7 Å². The van der Waals surface area contributed by atoms with Gasteiger partial charge in [-0.25, -0.2) is 0 Å². The van der Waals surface area contributed by atoms with Crippen molar-refractivity contribution >= 4 is 11.3 Å². The summed E-state index contributed by atoms with van der Waals surface area (Å²) in [6.45, 7) is 9.14. The van der Waals surface area contributed by atoms with Crippen LogP contribution in [0.1, 0.15) is 36.1 Å². The van der Waals surface area contributed by atoms with E-state index in [1.165, 1.54) is 9.75 Å². The maximum atomic E-state index is 6.25. The van der Waals surface area contributed by atoms with Crippen molar-refractivity contribution in [1.29, 1.82) is 0 Å². The minimum absolute atomic E-state index is 0.148. The first-order chi connectivity index (χ1) is 8.63. The second kappa shape index (κ2) is 6.15. The molecule has 1 saturated heterocycles. The van der Waals surface area contributed by atoms with Crippen LogP contribution in [0.4, 0.5) is 0 Å². The lowest BCUT2D eigenvalue weighted by Crippen LogP contribution is -2.50. The molecule has 0 saturated carbocycles. The Morgan fingerprint density at radius 3 is 2.89 bits per heavy atom. The number of aryl methyl sites for hydroxylation is 1. The van der Waals surface area contributed by atoms with Gasteiger partial charge in [0.15, 0.2) is 0 Å². The summed E-state index contributed by atoms with van der Waals surface area (Å²) < 4.78 is 5.60. The molecule has 3 unspecified atom stereocenters. The van der Waals surface area contributed by atoms with E-state index in [2.05, 4.69) is 37.8 Å². The molecule has 0 bridgehead atoms. The SMILES string of the molecule is CCC1COCCN1C(c1ccc(C)s1)C(C)N. The first kappa shape index (κ1) is 14.0. The minimum atomic E-state index is 0.148. The summed E-state index contributed by atoms with van der Waals surface area (Å²) in [5, 5.41) is 0. The number of ether oxygens (including phenoxy) is 1. The molecule has 18 heavy (non-hydrogen) atoms. The molecule has 1 fully saturated rings. The van der Waals surface area contributed by atoms with E-state index in [1.807, 2.05) is 11.3 Å². The van der Waals surface area contributed by atoms with Crippen LogP contribution in [0.2, 0.25) is 0 Å². The molecule has 2 heterocycles. The highest BCUT2D eigenvalue weighted by Gasteiger charge is 2.32. The number of morpholine rings is 1. The van der Waals surface area contributed by atoms with Gasteiger partial charge in [-0.2, -0.15) is 0 Å². The van der Waals surface area contributed by atoms with Crippen molar-refractivity contribution in [3.05, 3.63) is 21.9 Å². The predicted octanol–water partition coefficient (Wildman–Crippen LogP) is 2.56. The van der Waals surface area contributed by atoms with E-state index in [0.717, 1.165) is 26.2 Å². The number of nitrogens with zero attached hydrogens (tertiary/aromatic N) is 1. The third-order valence-corrected chi connectivity index (χ3v) is 4.72. The van der Waals surface area contributed by atoms with Gasteiger partial charge in [-0.15, -0.1) is 11.3 Å². The highest BCUT2D eigenvalue weighted by molar-refractivity contribution is 7.12. The van der Waals surface area contributed by atoms with E-state index >= 15 is 0 Å². The maximum absolute atomic E-state index is 6.25. The largest absolute Gasteiger partial charge is 0.378 e. The lowest BCUT2D eigenvalue weighted by molar-refractivity contribution is -0.0341. The van der Waals surface area contributed by atoms with Crippen molar-refractivity contribution in [1.82, 2.24) is 4.90 Å². The molecule has 1 aliphatic heterocycles. The Kier molecular flexibility index (Phi) is 4.78. The molecule has 0 spiro atoms. The van der Waals surface area contributed by atoms with Crippen molar-refractivity contribution in [2.45, 2.75) is 45.3 Å². The lowest BCUT2D eigenvalue weighted by atomic mass is 10.0. The molecule has 3 atom stereocenters. The van der Waals surface area contributed by atoms with Crippen molar-refractivity contribution in [2.75, 3.05) is 19.8 Å².